The average Bonchev–Trinajstić information content (AvgIpc) is 3.10. The lowest BCUT2D eigenvalue weighted by Gasteiger charge is -2.11. The molecule has 0 radical (unpaired) electrons. The number of nitrogens with one attached hydrogen (secondary N) is 1. The lowest BCUT2D eigenvalue weighted by Crippen LogP contribution is -2.36. The van der Waals surface area contributed by atoms with Crippen molar-refractivity contribution >= 4 is 38.5 Å². The van der Waals surface area contributed by atoms with Gasteiger partial charge in [0.25, 0.3) is 0 Å². The van der Waals surface area contributed by atoms with Crippen molar-refractivity contribution in [1.29, 1.82) is 0 Å². The van der Waals surface area contributed by atoms with Gasteiger partial charge in [-0.15, -0.1) is 0 Å². The highest BCUT2D eigenvalue weighted by molar-refractivity contribution is 7.99. The molecule has 25 heavy (non-hydrogen) atoms. The molecule has 9 heteroatoms. The molecular formula is C16H21N3O4S2. The number of carbonyl (C=O) groups is 1. The molecule has 1 atom stereocenters. The molecule has 0 spiro atoms. The van der Waals surface area contributed by atoms with Crippen molar-refractivity contribution in [2.75, 3.05) is 31.0 Å². The number of amides is 1. The Morgan fingerprint density at radius 2 is 2.24 bits per heavy atom. The zero-order valence-electron chi connectivity index (χ0n) is 14.0. The number of ether oxygens (including phenoxy) is 1. The van der Waals surface area contributed by atoms with E-state index in [-0.39, 0.29) is 29.2 Å². The third kappa shape index (κ3) is 4.53. The number of hydrogen-bond donors (Lipinski definition) is 1. The number of fused-ring (bicyclic) bond motifs is 1. The fourth-order valence-corrected chi connectivity index (χ4v) is 5.40. The molecule has 1 amide bonds. The number of aromatic nitrogens is 2. The minimum absolute atomic E-state index is 0.0375. The van der Waals surface area contributed by atoms with Crippen LogP contribution in [0.25, 0.3) is 11.0 Å². The molecule has 1 aromatic carbocycles. The fraction of sp³-hybridized carbons (Fsp3) is 0.500. The SMILES string of the molecule is COCCn1c(SCC(=O)NC2CCS(=O)(=O)C2)nc2ccccc21. The van der Waals surface area contributed by atoms with Crippen LogP contribution in [0.2, 0.25) is 0 Å². The maximum Gasteiger partial charge on any atom is 0.230 e. The Morgan fingerprint density at radius 1 is 1.44 bits per heavy atom. The number of rotatable bonds is 7. The second kappa shape index (κ2) is 7.76. The van der Waals surface area contributed by atoms with Crippen LogP contribution in [0, 0.1) is 0 Å². The molecule has 1 aliphatic heterocycles. The molecule has 1 unspecified atom stereocenters. The number of hydrogen-bond acceptors (Lipinski definition) is 6. The summed E-state index contributed by atoms with van der Waals surface area (Å²) in [5, 5.41) is 3.56. The first kappa shape index (κ1) is 18.2. The Balaban J connectivity index is 1.65. The third-order valence-electron chi connectivity index (χ3n) is 4.07. The number of nitrogens with zero attached hydrogens (tertiary/aromatic N) is 2. The van der Waals surface area contributed by atoms with Gasteiger partial charge in [0, 0.05) is 19.7 Å². The Labute approximate surface area is 151 Å². The van der Waals surface area contributed by atoms with Crippen LogP contribution < -0.4 is 5.32 Å². The van der Waals surface area contributed by atoms with Crippen LogP contribution in [0.15, 0.2) is 29.4 Å². The summed E-state index contributed by atoms with van der Waals surface area (Å²) in [7, 11) is -1.35. The van der Waals surface area contributed by atoms with Gasteiger partial charge in [-0.05, 0) is 18.6 Å². The lowest BCUT2D eigenvalue weighted by atomic mass is 10.3. The summed E-state index contributed by atoms with van der Waals surface area (Å²) in [4.78, 5) is 16.7. The highest BCUT2D eigenvalue weighted by atomic mass is 32.2. The van der Waals surface area contributed by atoms with Gasteiger partial charge in [-0.2, -0.15) is 0 Å². The molecule has 3 rings (SSSR count). The molecule has 1 N–H and O–H groups in total. The van der Waals surface area contributed by atoms with Gasteiger partial charge in [0.1, 0.15) is 0 Å². The number of carbonyl (C=O) groups excluding carboxylic acids is 1. The molecule has 136 valence electrons. The maximum absolute atomic E-state index is 12.1. The molecule has 0 saturated carbocycles. The van der Waals surface area contributed by atoms with Crippen LogP contribution in [0.3, 0.4) is 0 Å². The van der Waals surface area contributed by atoms with Crippen LogP contribution in [0.1, 0.15) is 6.42 Å². The average molecular weight is 383 g/mol. The summed E-state index contributed by atoms with van der Waals surface area (Å²) in [6.07, 6.45) is 0.491. The van der Waals surface area contributed by atoms with Crippen molar-refractivity contribution in [2.45, 2.75) is 24.2 Å². The normalized spacial score (nSPS) is 19.3. The van der Waals surface area contributed by atoms with Crippen molar-refractivity contribution in [2.24, 2.45) is 0 Å². The van der Waals surface area contributed by atoms with Crippen LogP contribution in [0.4, 0.5) is 0 Å². The summed E-state index contributed by atoms with van der Waals surface area (Å²) in [6, 6.07) is 7.54. The van der Waals surface area contributed by atoms with E-state index in [1.807, 2.05) is 28.8 Å². The largest absolute Gasteiger partial charge is 0.383 e. The Kier molecular flexibility index (Phi) is 5.65. The maximum atomic E-state index is 12.1. The second-order valence-electron chi connectivity index (χ2n) is 5.98. The molecule has 1 fully saturated rings. The fourth-order valence-electron chi connectivity index (χ4n) is 2.87. The molecule has 2 heterocycles. The topological polar surface area (TPSA) is 90.3 Å². The van der Waals surface area contributed by atoms with Gasteiger partial charge < -0.3 is 14.6 Å². The van der Waals surface area contributed by atoms with Gasteiger partial charge in [-0.25, -0.2) is 13.4 Å². The Morgan fingerprint density at radius 3 is 2.96 bits per heavy atom. The number of imidazole rings is 1. The van der Waals surface area contributed by atoms with Gasteiger partial charge in [0.15, 0.2) is 15.0 Å². The van der Waals surface area contributed by atoms with Crippen molar-refractivity contribution in [3.63, 3.8) is 0 Å². The standard InChI is InChI=1S/C16H21N3O4S2/c1-23-8-7-19-14-5-3-2-4-13(14)18-16(19)24-10-15(20)17-12-6-9-25(21,22)11-12/h2-5,12H,6-11H2,1H3,(H,17,20). The number of benzene rings is 1. The molecular weight excluding hydrogens is 362 g/mol. The van der Waals surface area contributed by atoms with Gasteiger partial charge in [0.2, 0.25) is 5.91 Å². The summed E-state index contributed by atoms with van der Waals surface area (Å²) in [6.45, 7) is 1.21. The third-order valence-corrected chi connectivity index (χ3v) is 6.81. The second-order valence-corrected chi connectivity index (χ2v) is 9.15. The van der Waals surface area contributed by atoms with Gasteiger partial charge in [-0.1, -0.05) is 23.9 Å². The van der Waals surface area contributed by atoms with Crippen LogP contribution in [-0.4, -0.2) is 60.9 Å². The number of para-hydroxylation sites is 2. The van der Waals surface area contributed by atoms with E-state index >= 15 is 0 Å². The number of methoxy groups -OCH3 is 1. The summed E-state index contributed by atoms with van der Waals surface area (Å²) >= 11 is 1.35. The quantitative estimate of drug-likeness (QED) is 0.720. The van der Waals surface area contributed by atoms with E-state index in [1.54, 1.807) is 7.11 Å². The predicted molar refractivity (Wildman–Crippen MR) is 97.5 cm³/mol. The van der Waals surface area contributed by atoms with Crippen molar-refractivity contribution < 1.29 is 17.9 Å². The molecule has 0 aliphatic carbocycles. The first-order chi connectivity index (χ1) is 12.0. The van der Waals surface area contributed by atoms with Crippen LogP contribution in [0.5, 0.6) is 0 Å². The highest BCUT2D eigenvalue weighted by Crippen LogP contribution is 2.24. The number of thioether (sulfide) groups is 1. The van der Waals surface area contributed by atoms with Gasteiger partial charge >= 0.3 is 0 Å². The van der Waals surface area contributed by atoms with Crippen LogP contribution >= 0.6 is 11.8 Å². The van der Waals surface area contributed by atoms with E-state index in [1.165, 1.54) is 11.8 Å². The molecule has 7 nitrogen and oxygen atoms in total. The first-order valence-corrected chi connectivity index (χ1v) is 10.9. The number of sulfone groups is 1. The van der Waals surface area contributed by atoms with E-state index in [0.29, 0.717) is 19.6 Å². The Bertz CT molecular complexity index is 863. The summed E-state index contributed by atoms with van der Waals surface area (Å²) in [5.41, 5.74) is 1.88. The van der Waals surface area contributed by atoms with Crippen LogP contribution in [-0.2, 0) is 25.9 Å². The van der Waals surface area contributed by atoms with Gasteiger partial charge in [-0.3, -0.25) is 4.79 Å². The molecule has 1 aliphatic rings. The van der Waals surface area contributed by atoms with Crippen molar-refractivity contribution in [1.82, 2.24) is 14.9 Å². The minimum Gasteiger partial charge on any atom is -0.383 e. The van der Waals surface area contributed by atoms with E-state index in [9.17, 15) is 13.2 Å². The zero-order chi connectivity index (χ0) is 17.9. The molecule has 1 aromatic heterocycles. The minimum atomic E-state index is -2.99. The van der Waals surface area contributed by atoms with E-state index in [4.69, 9.17) is 4.74 Å². The summed E-state index contributed by atoms with van der Waals surface area (Å²) < 4.78 is 30.1. The monoisotopic (exact) mass is 383 g/mol. The molecule has 1 saturated heterocycles. The van der Waals surface area contributed by atoms with E-state index in [2.05, 4.69) is 10.3 Å². The highest BCUT2D eigenvalue weighted by Gasteiger charge is 2.28. The predicted octanol–water partition coefficient (Wildman–Crippen LogP) is 1.08. The molecule has 2 aromatic rings. The zero-order valence-corrected chi connectivity index (χ0v) is 15.6. The summed E-state index contributed by atoms with van der Waals surface area (Å²) in [5.74, 6) is 0.220. The van der Waals surface area contributed by atoms with Crippen molar-refractivity contribution in [3.8, 4) is 0 Å². The van der Waals surface area contributed by atoms with E-state index < -0.39 is 9.84 Å². The smallest absolute Gasteiger partial charge is 0.230 e. The first-order valence-electron chi connectivity index (χ1n) is 8.05. The Hall–Kier alpha value is -1.58. The van der Waals surface area contributed by atoms with Crippen molar-refractivity contribution in [3.05, 3.63) is 24.3 Å². The lowest BCUT2D eigenvalue weighted by molar-refractivity contribution is -0.119. The van der Waals surface area contributed by atoms with Gasteiger partial charge in [0.05, 0.1) is 34.9 Å². The molecule has 0 bridgehead atoms. The van der Waals surface area contributed by atoms with E-state index in [0.717, 1.165) is 16.2 Å².